The van der Waals surface area contributed by atoms with Crippen molar-refractivity contribution in [1.29, 1.82) is 0 Å². The van der Waals surface area contributed by atoms with Crippen molar-refractivity contribution in [3.8, 4) is 0 Å². The molecule has 0 spiro atoms. The van der Waals surface area contributed by atoms with Gasteiger partial charge in [-0.2, -0.15) is 0 Å². The number of hydrogen-bond acceptors (Lipinski definition) is 4. The molecule has 0 unspecified atom stereocenters. The van der Waals surface area contributed by atoms with Gasteiger partial charge in [0.2, 0.25) is 0 Å². The van der Waals surface area contributed by atoms with Gasteiger partial charge in [0, 0.05) is 45.0 Å². The number of anilines is 1. The summed E-state index contributed by atoms with van der Waals surface area (Å²) in [6.07, 6.45) is 5.34. The first-order valence-corrected chi connectivity index (χ1v) is 11.1. The van der Waals surface area contributed by atoms with Crippen LogP contribution in [0.3, 0.4) is 0 Å². The van der Waals surface area contributed by atoms with E-state index < -0.39 is 0 Å². The quantitative estimate of drug-likeness (QED) is 0.654. The van der Waals surface area contributed by atoms with E-state index in [2.05, 4.69) is 61.8 Å². The molecule has 0 aromatic heterocycles. The van der Waals surface area contributed by atoms with Gasteiger partial charge < -0.3 is 14.4 Å². The van der Waals surface area contributed by atoms with Crippen LogP contribution in [0, 0.1) is 12.8 Å². The molecule has 3 rings (SSSR count). The van der Waals surface area contributed by atoms with Gasteiger partial charge in [0.1, 0.15) is 0 Å². The molecule has 0 N–H and O–H groups in total. The maximum absolute atomic E-state index is 6.16. The van der Waals surface area contributed by atoms with Crippen LogP contribution in [0.1, 0.15) is 52.0 Å². The highest BCUT2D eigenvalue weighted by Crippen LogP contribution is 2.33. The Morgan fingerprint density at radius 3 is 2.29 bits per heavy atom. The lowest BCUT2D eigenvalue weighted by Gasteiger charge is -2.46. The van der Waals surface area contributed by atoms with Crippen molar-refractivity contribution in [1.82, 2.24) is 4.90 Å². The summed E-state index contributed by atoms with van der Waals surface area (Å²) in [6.45, 7) is 14.0. The molecular weight excluding hydrogens is 348 g/mol. The van der Waals surface area contributed by atoms with Crippen LogP contribution in [0.5, 0.6) is 0 Å². The molecular formula is C24H40N2O2. The smallest absolute Gasteiger partial charge is 0.0612 e. The van der Waals surface area contributed by atoms with Gasteiger partial charge in [-0.05, 0) is 71.4 Å². The number of methoxy groups -OCH3 is 1. The van der Waals surface area contributed by atoms with Gasteiger partial charge in [-0.1, -0.05) is 17.7 Å². The Labute approximate surface area is 172 Å². The zero-order valence-corrected chi connectivity index (χ0v) is 18.6. The molecule has 1 saturated heterocycles. The summed E-state index contributed by atoms with van der Waals surface area (Å²) in [5.41, 5.74) is 2.68. The lowest BCUT2D eigenvalue weighted by molar-refractivity contribution is -0.123. The summed E-state index contributed by atoms with van der Waals surface area (Å²) in [7, 11) is 1.81. The maximum Gasteiger partial charge on any atom is 0.0612 e. The van der Waals surface area contributed by atoms with Crippen LogP contribution in [-0.4, -0.2) is 62.5 Å². The predicted molar refractivity (Wildman–Crippen MR) is 117 cm³/mol. The topological polar surface area (TPSA) is 24.9 Å². The number of benzene rings is 1. The van der Waals surface area contributed by atoms with E-state index in [4.69, 9.17) is 9.47 Å². The van der Waals surface area contributed by atoms with E-state index in [1.807, 2.05) is 7.11 Å². The summed E-state index contributed by atoms with van der Waals surface area (Å²) in [6, 6.07) is 9.65. The molecule has 1 aliphatic heterocycles. The summed E-state index contributed by atoms with van der Waals surface area (Å²) in [5.74, 6) is 0.793. The molecule has 2 fully saturated rings. The number of aryl methyl sites for hydroxylation is 1. The third-order valence-electron chi connectivity index (χ3n) is 6.20. The second kappa shape index (κ2) is 9.60. The van der Waals surface area contributed by atoms with Gasteiger partial charge in [-0.3, -0.25) is 4.90 Å². The molecule has 0 bridgehead atoms. The number of ether oxygens (including phenoxy) is 2. The fraction of sp³-hybridized carbons (Fsp3) is 0.750. The monoisotopic (exact) mass is 388 g/mol. The average molecular weight is 389 g/mol. The second-order valence-corrected chi connectivity index (χ2v) is 9.73. The fourth-order valence-corrected chi connectivity index (χ4v) is 4.52. The molecule has 4 heteroatoms. The van der Waals surface area contributed by atoms with Gasteiger partial charge in [-0.15, -0.1) is 0 Å². The Balaban J connectivity index is 1.47. The molecule has 0 amide bonds. The number of rotatable bonds is 8. The number of piperidine rings is 1. The summed E-state index contributed by atoms with van der Waals surface area (Å²) in [4.78, 5) is 5.23. The van der Waals surface area contributed by atoms with Gasteiger partial charge in [0.25, 0.3) is 0 Å². The van der Waals surface area contributed by atoms with Crippen LogP contribution in [0.15, 0.2) is 24.3 Å². The minimum atomic E-state index is -0.0319. The highest BCUT2D eigenvalue weighted by atomic mass is 16.5. The zero-order chi connectivity index (χ0) is 20.1. The molecule has 2 aliphatic rings. The lowest BCUT2D eigenvalue weighted by Crippen LogP contribution is -2.52. The maximum atomic E-state index is 6.16. The summed E-state index contributed by atoms with van der Waals surface area (Å²) >= 11 is 0. The van der Waals surface area contributed by atoms with Crippen LogP contribution in [-0.2, 0) is 9.47 Å². The van der Waals surface area contributed by atoms with E-state index in [0.717, 1.165) is 19.1 Å². The minimum Gasteiger partial charge on any atom is -0.383 e. The molecule has 1 aliphatic carbocycles. The van der Waals surface area contributed by atoms with Crippen LogP contribution >= 0.6 is 0 Å². The van der Waals surface area contributed by atoms with Crippen LogP contribution in [0.25, 0.3) is 0 Å². The van der Waals surface area contributed by atoms with Crippen molar-refractivity contribution in [2.45, 2.75) is 71.1 Å². The Kier molecular flexibility index (Phi) is 7.41. The molecule has 1 aromatic carbocycles. The van der Waals surface area contributed by atoms with E-state index >= 15 is 0 Å². The Bertz CT molecular complexity index is 582. The number of nitrogens with zero attached hydrogens (tertiary/aromatic N) is 2. The van der Waals surface area contributed by atoms with Gasteiger partial charge in [0.05, 0.1) is 18.3 Å². The van der Waals surface area contributed by atoms with Crippen molar-refractivity contribution in [3.63, 3.8) is 0 Å². The number of hydrogen-bond donors (Lipinski definition) is 0. The SMILES string of the molecule is COCCN(CC1CCN(c2ccc(C)cc2)CC1)C1CC(OC(C)(C)C)C1. The highest BCUT2D eigenvalue weighted by Gasteiger charge is 2.37. The van der Waals surface area contributed by atoms with Crippen LogP contribution < -0.4 is 4.90 Å². The van der Waals surface area contributed by atoms with E-state index in [1.54, 1.807) is 0 Å². The summed E-state index contributed by atoms with van der Waals surface area (Å²) in [5, 5.41) is 0. The van der Waals surface area contributed by atoms with Crippen LogP contribution in [0.2, 0.25) is 0 Å². The van der Waals surface area contributed by atoms with Crippen molar-refractivity contribution >= 4 is 5.69 Å². The molecule has 1 saturated carbocycles. The van der Waals surface area contributed by atoms with Crippen LogP contribution in [0.4, 0.5) is 5.69 Å². The summed E-state index contributed by atoms with van der Waals surface area (Å²) < 4.78 is 11.5. The van der Waals surface area contributed by atoms with Crippen molar-refractivity contribution in [2.75, 3.05) is 44.8 Å². The van der Waals surface area contributed by atoms with E-state index in [9.17, 15) is 0 Å². The van der Waals surface area contributed by atoms with Gasteiger partial charge in [-0.25, -0.2) is 0 Å². The second-order valence-electron chi connectivity index (χ2n) is 9.73. The third-order valence-corrected chi connectivity index (χ3v) is 6.20. The highest BCUT2D eigenvalue weighted by molar-refractivity contribution is 5.47. The zero-order valence-electron chi connectivity index (χ0n) is 18.6. The molecule has 0 radical (unpaired) electrons. The predicted octanol–water partition coefficient (Wildman–Crippen LogP) is 4.51. The largest absolute Gasteiger partial charge is 0.383 e. The Morgan fingerprint density at radius 2 is 1.71 bits per heavy atom. The standard InChI is InChI=1S/C24H40N2O2/c1-19-6-8-21(9-7-19)25-12-10-20(11-13-25)18-26(14-15-27-5)22-16-23(17-22)28-24(2,3)4/h6-9,20,22-23H,10-18H2,1-5H3. The minimum absolute atomic E-state index is 0.0319. The first-order valence-electron chi connectivity index (χ1n) is 11.1. The molecule has 1 aromatic rings. The lowest BCUT2D eigenvalue weighted by atomic mass is 9.85. The molecule has 158 valence electrons. The van der Waals surface area contributed by atoms with Crippen molar-refractivity contribution in [2.24, 2.45) is 5.92 Å². The van der Waals surface area contributed by atoms with Crippen molar-refractivity contribution < 1.29 is 9.47 Å². The molecule has 0 atom stereocenters. The first-order chi connectivity index (χ1) is 13.3. The van der Waals surface area contributed by atoms with E-state index in [1.165, 1.54) is 56.6 Å². The van der Waals surface area contributed by atoms with Gasteiger partial charge in [0.15, 0.2) is 0 Å². The Hall–Kier alpha value is -1.10. The van der Waals surface area contributed by atoms with Gasteiger partial charge >= 0.3 is 0 Å². The third kappa shape index (κ3) is 6.20. The van der Waals surface area contributed by atoms with Crippen molar-refractivity contribution in [3.05, 3.63) is 29.8 Å². The molecule has 4 nitrogen and oxygen atoms in total. The average Bonchev–Trinajstić information content (AvgIpc) is 2.62. The molecule has 28 heavy (non-hydrogen) atoms. The first kappa shape index (κ1) is 21.6. The normalized spacial score (nSPS) is 23.9. The van der Waals surface area contributed by atoms with E-state index in [-0.39, 0.29) is 5.60 Å². The molecule has 1 heterocycles. The Morgan fingerprint density at radius 1 is 1.07 bits per heavy atom. The fourth-order valence-electron chi connectivity index (χ4n) is 4.52. The van der Waals surface area contributed by atoms with E-state index in [0.29, 0.717) is 12.1 Å².